The van der Waals surface area contributed by atoms with Gasteiger partial charge in [0, 0.05) is 22.0 Å². The van der Waals surface area contributed by atoms with E-state index >= 15 is 0 Å². The summed E-state index contributed by atoms with van der Waals surface area (Å²) in [4.78, 5) is 0.336. The minimum atomic E-state index is -3.42. The number of hydrogen-bond acceptors (Lipinski definition) is 2. The standard InChI is InChI=1S/C13H17Br2NO2S/c1-2-16(9-10-4-3-5-10)19(17,18)13-8-11(14)6-7-12(13)15/h6-8,10H,2-5,9H2,1H3. The maximum absolute atomic E-state index is 12.7. The zero-order valence-electron chi connectivity index (χ0n) is 10.8. The number of sulfonamides is 1. The molecule has 1 aromatic carbocycles. The molecular weight excluding hydrogens is 394 g/mol. The first-order valence-corrected chi connectivity index (χ1v) is 9.43. The maximum atomic E-state index is 12.7. The lowest BCUT2D eigenvalue weighted by atomic mass is 9.85. The molecule has 1 saturated carbocycles. The summed E-state index contributed by atoms with van der Waals surface area (Å²) in [6.45, 7) is 3.04. The molecule has 2 rings (SSSR count). The van der Waals surface area contributed by atoms with Crippen LogP contribution in [0.2, 0.25) is 0 Å². The third-order valence-corrected chi connectivity index (χ3v) is 6.98. The Morgan fingerprint density at radius 1 is 1.32 bits per heavy atom. The molecule has 19 heavy (non-hydrogen) atoms. The van der Waals surface area contributed by atoms with Gasteiger partial charge in [0.1, 0.15) is 0 Å². The summed E-state index contributed by atoms with van der Waals surface area (Å²) >= 11 is 6.67. The summed E-state index contributed by atoms with van der Waals surface area (Å²) in [5, 5.41) is 0. The fourth-order valence-electron chi connectivity index (χ4n) is 2.17. The van der Waals surface area contributed by atoms with Crippen LogP contribution in [-0.2, 0) is 10.0 Å². The van der Waals surface area contributed by atoms with E-state index < -0.39 is 10.0 Å². The van der Waals surface area contributed by atoms with Gasteiger partial charge in [-0.2, -0.15) is 4.31 Å². The molecule has 0 aromatic heterocycles. The summed E-state index contributed by atoms with van der Waals surface area (Å²) in [6, 6.07) is 5.24. The van der Waals surface area contributed by atoms with Gasteiger partial charge in [-0.05, 0) is 52.9 Å². The number of benzene rings is 1. The van der Waals surface area contributed by atoms with Crippen molar-refractivity contribution in [1.29, 1.82) is 0 Å². The molecule has 0 aliphatic heterocycles. The van der Waals surface area contributed by atoms with Gasteiger partial charge in [0.05, 0.1) is 4.90 Å². The molecule has 1 aliphatic rings. The summed E-state index contributed by atoms with van der Waals surface area (Å²) in [6.07, 6.45) is 3.51. The SMILES string of the molecule is CCN(CC1CCC1)S(=O)(=O)c1cc(Br)ccc1Br. The predicted molar refractivity (Wildman–Crippen MR) is 83.6 cm³/mol. The van der Waals surface area contributed by atoms with Gasteiger partial charge in [0.2, 0.25) is 10.0 Å². The average Bonchev–Trinajstić information content (AvgIpc) is 2.30. The van der Waals surface area contributed by atoms with Crippen LogP contribution in [0.1, 0.15) is 26.2 Å². The monoisotopic (exact) mass is 409 g/mol. The molecule has 1 fully saturated rings. The lowest BCUT2D eigenvalue weighted by molar-refractivity contribution is 0.250. The van der Waals surface area contributed by atoms with Crippen LogP contribution in [0.25, 0.3) is 0 Å². The second kappa shape index (κ2) is 6.24. The zero-order chi connectivity index (χ0) is 14.0. The predicted octanol–water partition coefficient (Wildman–Crippen LogP) is 4.02. The Kier molecular flexibility index (Phi) is 5.09. The summed E-state index contributed by atoms with van der Waals surface area (Å²) in [5.74, 6) is 0.528. The smallest absolute Gasteiger partial charge is 0.207 e. The largest absolute Gasteiger partial charge is 0.244 e. The average molecular weight is 411 g/mol. The van der Waals surface area contributed by atoms with E-state index in [4.69, 9.17) is 0 Å². The van der Waals surface area contributed by atoms with E-state index in [1.54, 1.807) is 16.4 Å². The van der Waals surface area contributed by atoms with Gasteiger partial charge < -0.3 is 0 Å². The van der Waals surface area contributed by atoms with Crippen LogP contribution < -0.4 is 0 Å². The van der Waals surface area contributed by atoms with Crippen molar-refractivity contribution in [3.05, 3.63) is 27.1 Å². The van der Waals surface area contributed by atoms with Crippen molar-refractivity contribution < 1.29 is 8.42 Å². The van der Waals surface area contributed by atoms with E-state index in [-0.39, 0.29) is 0 Å². The number of nitrogens with zero attached hydrogens (tertiary/aromatic N) is 1. The van der Waals surface area contributed by atoms with Crippen molar-refractivity contribution in [2.45, 2.75) is 31.1 Å². The molecule has 0 amide bonds. The maximum Gasteiger partial charge on any atom is 0.244 e. The highest BCUT2D eigenvalue weighted by Gasteiger charge is 2.29. The molecule has 0 saturated heterocycles. The first kappa shape index (κ1) is 15.5. The third-order valence-electron chi connectivity index (χ3n) is 3.55. The highest BCUT2D eigenvalue weighted by Crippen LogP contribution is 2.32. The van der Waals surface area contributed by atoms with E-state index in [1.165, 1.54) is 6.42 Å². The second-order valence-electron chi connectivity index (χ2n) is 4.83. The van der Waals surface area contributed by atoms with Gasteiger partial charge in [-0.3, -0.25) is 0 Å². The first-order chi connectivity index (χ1) is 8.95. The molecule has 0 spiro atoms. The van der Waals surface area contributed by atoms with Crippen molar-refractivity contribution in [2.75, 3.05) is 13.1 Å². The Labute approximate surface area is 131 Å². The van der Waals surface area contributed by atoms with Gasteiger partial charge in [-0.1, -0.05) is 29.3 Å². The molecule has 6 heteroatoms. The van der Waals surface area contributed by atoms with Crippen LogP contribution in [0, 0.1) is 5.92 Å². The Morgan fingerprint density at radius 3 is 2.53 bits per heavy atom. The molecule has 0 unspecified atom stereocenters. The Bertz CT molecular complexity index is 556. The number of halogens is 2. The third kappa shape index (κ3) is 3.40. The van der Waals surface area contributed by atoms with Gasteiger partial charge >= 0.3 is 0 Å². The van der Waals surface area contributed by atoms with E-state index in [9.17, 15) is 8.42 Å². The molecule has 1 aromatic rings. The highest BCUT2D eigenvalue weighted by atomic mass is 79.9. The van der Waals surface area contributed by atoms with Crippen LogP contribution in [0.5, 0.6) is 0 Å². The quantitative estimate of drug-likeness (QED) is 0.734. The Balaban J connectivity index is 2.30. The topological polar surface area (TPSA) is 37.4 Å². The van der Waals surface area contributed by atoms with E-state index in [1.807, 2.05) is 13.0 Å². The van der Waals surface area contributed by atoms with E-state index in [0.717, 1.165) is 17.3 Å². The lowest BCUT2D eigenvalue weighted by Gasteiger charge is -2.31. The number of hydrogen-bond donors (Lipinski definition) is 0. The highest BCUT2D eigenvalue weighted by molar-refractivity contribution is 9.11. The van der Waals surface area contributed by atoms with Crippen LogP contribution in [-0.4, -0.2) is 25.8 Å². The van der Waals surface area contributed by atoms with Crippen LogP contribution in [0.4, 0.5) is 0 Å². The Morgan fingerprint density at radius 2 is 2.00 bits per heavy atom. The molecule has 1 aliphatic carbocycles. The molecule has 0 bridgehead atoms. The van der Waals surface area contributed by atoms with Crippen molar-refractivity contribution in [3.8, 4) is 0 Å². The van der Waals surface area contributed by atoms with Gasteiger partial charge in [0.25, 0.3) is 0 Å². The molecule has 3 nitrogen and oxygen atoms in total. The minimum Gasteiger partial charge on any atom is -0.207 e. The zero-order valence-corrected chi connectivity index (χ0v) is 14.8. The second-order valence-corrected chi connectivity index (χ2v) is 8.50. The molecular formula is C13H17Br2NO2S. The first-order valence-electron chi connectivity index (χ1n) is 6.40. The molecule has 0 heterocycles. The fraction of sp³-hybridized carbons (Fsp3) is 0.538. The van der Waals surface area contributed by atoms with Gasteiger partial charge in [-0.15, -0.1) is 0 Å². The van der Waals surface area contributed by atoms with Crippen LogP contribution in [0.15, 0.2) is 32.0 Å². The lowest BCUT2D eigenvalue weighted by Crippen LogP contribution is -2.37. The fourth-order valence-corrected chi connectivity index (χ4v) is 5.16. The van der Waals surface area contributed by atoms with Crippen molar-refractivity contribution in [1.82, 2.24) is 4.31 Å². The normalized spacial score (nSPS) is 16.6. The summed E-state index contributed by atoms with van der Waals surface area (Å²) in [7, 11) is -3.42. The van der Waals surface area contributed by atoms with Crippen molar-refractivity contribution in [2.24, 2.45) is 5.92 Å². The van der Waals surface area contributed by atoms with Gasteiger partial charge in [0.15, 0.2) is 0 Å². The molecule has 0 N–H and O–H groups in total. The van der Waals surface area contributed by atoms with Crippen molar-refractivity contribution in [3.63, 3.8) is 0 Å². The minimum absolute atomic E-state index is 0.336. The molecule has 0 radical (unpaired) electrons. The van der Waals surface area contributed by atoms with Crippen molar-refractivity contribution >= 4 is 41.9 Å². The van der Waals surface area contributed by atoms with Crippen LogP contribution >= 0.6 is 31.9 Å². The summed E-state index contributed by atoms with van der Waals surface area (Å²) < 4.78 is 28.3. The van der Waals surface area contributed by atoms with E-state index in [0.29, 0.717) is 28.4 Å². The molecule has 106 valence electrons. The van der Waals surface area contributed by atoms with E-state index in [2.05, 4.69) is 31.9 Å². The van der Waals surface area contributed by atoms with Gasteiger partial charge in [-0.25, -0.2) is 8.42 Å². The molecule has 0 atom stereocenters. The Hall–Kier alpha value is 0.0900. The number of rotatable bonds is 5. The summed E-state index contributed by atoms with van der Waals surface area (Å²) in [5.41, 5.74) is 0. The van der Waals surface area contributed by atoms with Crippen LogP contribution in [0.3, 0.4) is 0 Å².